The number of hydrogen-bond donors (Lipinski definition) is 3. The van der Waals surface area contributed by atoms with Crippen molar-refractivity contribution >= 4 is 23.4 Å². The molecule has 0 aromatic heterocycles. The topological polar surface area (TPSA) is 92.2 Å². The summed E-state index contributed by atoms with van der Waals surface area (Å²) in [5.41, 5.74) is 6.14. The number of carbonyl (C=O) groups excluding carboxylic acids is 3. The number of nitrogens with one attached hydrogen (secondary N) is 3. The Kier molecular flexibility index (Phi) is 6.64. The Morgan fingerprint density at radius 1 is 1.14 bits per heavy atom. The normalized spacial score (nSPS) is 24.9. The van der Waals surface area contributed by atoms with Gasteiger partial charge in [-0.1, -0.05) is 0 Å². The van der Waals surface area contributed by atoms with Crippen molar-refractivity contribution in [1.29, 1.82) is 0 Å². The number of ether oxygens (including phenoxy) is 1. The van der Waals surface area contributed by atoms with Crippen LogP contribution in [0.25, 0.3) is 0 Å². The molecule has 2 aliphatic rings. The van der Waals surface area contributed by atoms with E-state index in [1.165, 1.54) is 4.90 Å². The molecule has 2 heterocycles. The summed E-state index contributed by atoms with van der Waals surface area (Å²) in [6.07, 6.45) is 2.15. The molecule has 8 heteroatoms. The highest BCUT2D eigenvalue weighted by atomic mass is 16.5. The fraction of sp³-hybridized carbons (Fsp3) is 0.550. The van der Waals surface area contributed by atoms with E-state index in [2.05, 4.69) is 10.9 Å². The molecule has 8 nitrogen and oxygen atoms in total. The van der Waals surface area contributed by atoms with E-state index < -0.39 is 0 Å². The highest BCUT2D eigenvalue weighted by Gasteiger charge is 2.26. The van der Waals surface area contributed by atoms with Crippen LogP contribution in [0.5, 0.6) is 0 Å². The number of carbonyl (C=O) groups is 3. The van der Waals surface area contributed by atoms with Crippen molar-refractivity contribution in [2.24, 2.45) is 0 Å². The van der Waals surface area contributed by atoms with Gasteiger partial charge in [-0.15, -0.1) is 0 Å². The Bertz CT molecular complexity index is 711. The van der Waals surface area contributed by atoms with Gasteiger partial charge in [-0.05, 0) is 44.5 Å². The van der Waals surface area contributed by atoms with Crippen LogP contribution in [0.1, 0.15) is 43.5 Å². The zero-order valence-corrected chi connectivity index (χ0v) is 16.5. The fourth-order valence-corrected chi connectivity index (χ4v) is 3.86. The molecule has 2 saturated heterocycles. The number of hydrogen-bond acceptors (Lipinski definition) is 4. The van der Waals surface area contributed by atoms with Gasteiger partial charge in [0.15, 0.2) is 0 Å². The minimum Gasteiger partial charge on any atom is -0.364 e. The maximum atomic E-state index is 12.2. The number of quaternary nitrogens is 1. The van der Waals surface area contributed by atoms with Gasteiger partial charge >= 0.3 is 0 Å². The van der Waals surface area contributed by atoms with Crippen molar-refractivity contribution in [2.45, 2.75) is 45.3 Å². The molecule has 0 bridgehead atoms. The lowest BCUT2D eigenvalue weighted by Crippen LogP contribution is -3.15. The van der Waals surface area contributed by atoms with Crippen LogP contribution >= 0.6 is 0 Å². The minimum absolute atomic E-state index is 0.107. The minimum atomic E-state index is -0.381. The molecule has 152 valence electrons. The number of rotatable bonds is 5. The van der Waals surface area contributed by atoms with Crippen LogP contribution < -0.4 is 20.7 Å². The molecule has 2 fully saturated rings. The van der Waals surface area contributed by atoms with Gasteiger partial charge in [-0.2, -0.15) is 0 Å². The summed E-state index contributed by atoms with van der Waals surface area (Å²) in [7, 11) is 0. The second kappa shape index (κ2) is 9.16. The fourth-order valence-electron chi connectivity index (χ4n) is 3.86. The van der Waals surface area contributed by atoms with Crippen LogP contribution in [0.4, 0.5) is 5.69 Å². The van der Waals surface area contributed by atoms with Gasteiger partial charge in [-0.3, -0.25) is 25.2 Å². The molecule has 3 amide bonds. The molecule has 3 N–H and O–H groups in total. The van der Waals surface area contributed by atoms with Crippen LogP contribution in [0, 0.1) is 0 Å². The molecule has 0 saturated carbocycles. The second-order valence-electron chi connectivity index (χ2n) is 7.61. The van der Waals surface area contributed by atoms with E-state index in [9.17, 15) is 14.4 Å². The van der Waals surface area contributed by atoms with Crippen molar-refractivity contribution in [1.82, 2.24) is 10.9 Å². The Balaban J connectivity index is 1.42. The lowest BCUT2D eigenvalue weighted by molar-refractivity contribution is -0.914. The molecular formula is C20H29N4O4+. The van der Waals surface area contributed by atoms with Crippen molar-refractivity contribution in [3.8, 4) is 0 Å². The first-order chi connectivity index (χ1) is 13.4. The first kappa shape index (κ1) is 20.3. The maximum absolute atomic E-state index is 12.2. The first-order valence-electron chi connectivity index (χ1n) is 9.91. The molecule has 28 heavy (non-hydrogen) atoms. The van der Waals surface area contributed by atoms with Crippen molar-refractivity contribution < 1.29 is 24.0 Å². The summed E-state index contributed by atoms with van der Waals surface area (Å²) in [4.78, 5) is 39.1. The molecule has 3 rings (SSSR count). The summed E-state index contributed by atoms with van der Waals surface area (Å²) in [5.74, 6) is -0.490. The Labute approximate surface area is 165 Å². The summed E-state index contributed by atoms with van der Waals surface area (Å²) in [6, 6.07) is 6.82. The van der Waals surface area contributed by atoms with Crippen LogP contribution in [0.15, 0.2) is 24.3 Å². The highest BCUT2D eigenvalue weighted by Crippen LogP contribution is 2.21. The smallest absolute Gasteiger partial charge is 0.269 e. The van der Waals surface area contributed by atoms with Crippen LogP contribution in [0.3, 0.4) is 0 Å². The quantitative estimate of drug-likeness (QED) is 0.601. The summed E-state index contributed by atoms with van der Waals surface area (Å²) in [5, 5.41) is 0. The second-order valence-corrected chi connectivity index (χ2v) is 7.61. The number of morpholine rings is 1. The van der Waals surface area contributed by atoms with E-state index in [1.54, 1.807) is 29.2 Å². The molecule has 2 aliphatic heterocycles. The molecule has 1 aromatic carbocycles. The molecule has 1 aromatic rings. The number of anilines is 1. The molecule has 0 spiro atoms. The summed E-state index contributed by atoms with van der Waals surface area (Å²) >= 11 is 0. The Hall–Kier alpha value is -2.45. The summed E-state index contributed by atoms with van der Waals surface area (Å²) in [6.45, 7) is 7.27. The van der Waals surface area contributed by atoms with Gasteiger partial charge in [0, 0.05) is 24.2 Å². The van der Waals surface area contributed by atoms with Crippen LogP contribution in [-0.2, 0) is 14.3 Å². The number of amides is 3. The van der Waals surface area contributed by atoms with Gasteiger partial charge in [0.2, 0.25) is 11.8 Å². The highest BCUT2D eigenvalue weighted by molar-refractivity contribution is 5.98. The van der Waals surface area contributed by atoms with Crippen molar-refractivity contribution in [3.05, 3.63) is 29.8 Å². The monoisotopic (exact) mass is 389 g/mol. The van der Waals surface area contributed by atoms with E-state index in [-0.39, 0.29) is 29.9 Å². The number of nitrogens with zero attached hydrogens (tertiary/aromatic N) is 1. The van der Waals surface area contributed by atoms with Crippen LogP contribution in [0.2, 0.25) is 0 Å². The van der Waals surface area contributed by atoms with E-state index in [4.69, 9.17) is 4.74 Å². The molecule has 0 radical (unpaired) electrons. The third kappa shape index (κ3) is 5.30. The van der Waals surface area contributed by atoms with Gasteiger partial charge in [-0.25, -0.2) is 0 Å². The number of hydrazine groups is 1. The zero-order valence-electron chi connectivity index (χ0n) is 16.5. The third-order valence-electron chi connectivity index (χ3n) is 5.15. The predicted octanol–water partition coefficient (Wildman–Crippen LogP) is -0.343. The maximum Gasteiger partial charge on any atom is 0.269 e. The molecule has 2 atom stereocenters. The average molecular weight is 389 g/mol. The van der Waals surface area contributed by atoms with Gasteiger partial charge < -0.3 is 14.5 Å². The Morgan fingerprint density at radius 3 is 2.43 bits per heavy atom. The largest absolute Gasteiger partial charge is 0.364 e. The third-order valence-corrected chi connectivity index (χ3v) is 5.15. The molecule has 0 unspecified atom stereocenters. The standard InChI is InChI=1S/C20H28N4O4/c1-14-12-23(13-15(2)28-14)11-9-18(25)21-22-20(27)16-5-7-17(8-6-16)24-10-3-4-19(24)26/h5-8,14-15H,3-4,9-13H2,1-2H3,(H,21,25)(H,22,27)/p+1/t14-,15-/m0/s1. The van der Waals surface area contributed by atoms with E-state index >= 15 is 0 Å². The SMILES string of the molecule is C[C@H]1C[NH+](CCC(=O)NNC(=O)c2ccc(N3CCCC3=O)cc2)C[C@H](C)O1. The lowest BCUT2D eigenvalue weighted by Gasteiger charge is -2.32. The van der Waals surface area contributed by atoms with E-state index in [1.807, 2.05) is 13.8 Å². The zero-order chi connectivity index (χ0) is 20.1. The average Bonchev–Trinajstić information content (AvgIpc) is 3.10. The van der Waals surface area contributed by atoms with E-state index in [0.717, 1.165) is 25.2 Å². The van der Waals surface area contributed by atoms with Crippen LogP contribution in [-0.4, -0.2) is 56.1 Å². The predicted molar refractivity (Wildman–Crippen MR) is 104 cm³/mol. The van der Waals surface area contributed by atoms with Gasteiger partial charge in [0.1, 0.15) is 25.3 Å². The summed E-state index contributed by atoms with van der Waals surface area (Å²) < 4.78 is 5.70. The number of benzene rings is 1. The molecule has 0 aliphatic carbocycles. The van der Waals surface area contributed by atoms with Gasteiger partial charge in [0.05, 0.1) is 13.0 Å². The Morgan fingerprint density at radius 2 is 1.82 bits per heavy atom. The van der Waals surface area contributed by atoms with Gasteiger partial charge in [0.25, 0.3) is 5.91 Å². The molecular weight excluding hydrogens is 360 g/mol. The lowest BCUT2D eigenvalue weighted by atomic mass is 10.2. The first-order valence-corrected chi connectivity index (χ1v) is 9.91. The van der Waals surface area contributed by atoms with Crippen molar-refractivity contribution in [3.63, 3.8) is 0 Å². The van der Waals surface area contributed by atoms with E-state index in [0.29, 0.717) is 31.5 Å². The van der Waals surface area contributed by atoms with Crippen molar-refractivity contribution in [2.75, 3.05) is 31.1 Å².